The van der Waals surface area contributed by atoms with Gasteiger partial charge in [-0.05, 0) is 24.1 Å². The Morgan fingerprint density at radius 1 is 1.39 bits per heavy atom. The third-order valence-electron chi connectivity index (χ3n) is 2.82. The van der Waals surface area contributed by atoms with Gasteiger partial charge in [0.25, 0.3) is 0 Å². The summed E-state index contributed by atoms with van der Waals surface area (Å²) in [5, 5.41) is 8.41. The standard InChI is InChI=1S/C15H19FN4S2.HI/c1-17-14(20-11-12-4-2-5-13(16)10-12)18-6-3-8-21-15-19-7-9-22-15;/h2,4-5,7,9-10H,3,6,8,11H2,1H3,(H2,17,18,20);1H. The molecule has 8 heteroatoms. The van der Waals surface area contributed by atoms with Crippen molar-refractivity contribution in [2.24, 2.45) is 4.99 Å². The molecule has 2 N–H and O–H groups in total. The fraction of sp³-hybridized carbons (Fsp3) is 0.333. The molecule has 1 heterocycles. The van der Waals surface area contributed by atoms with Crippen LogP contribution in [-0.2, 0) is 6.54 Å². The molecule has 0 bridgehead atoms. The average molecular weight is 466 g/mol. The van der Waals surface area contributed by atoms with Crippen molar-refractivity contribution in [1.82, 2.24) is 15.6 Å². The number of nitrogens with zero attached hydrogens (tertiary/aromatic N) is 2. The third-order valence-corrected chi connectivity index (χ3v) is 4.87. The summed E-state index contributed by atoms with van der Waals surface area (Å²) in [7, 11) is 1.73. The normalized spacial score (nSPS) is 11.0. The predicted octanol–water partition coefficient (Wildman–Crippen LogP) is 3.75. The zero-order valence-electron chi connectivity index (χ0n) is 12.8. The molecule has 0 aliphatic carbocycles. The maximum atomic E-state index is 13.1. The van der Waals surface area contributed by atoms with Crippen LogP contribution in [0.25, 0.3) is 0 Å². The molecule has 0 saturated heterocycles. The van der Waals surface area contributed by atoms with E-state index >= 15 is 0 Å². The Hall–Kier alpha value is -0.870. The number of rotatable bonds is 7. The van der Waals surface area contributed by atoms with Gasteiger partial charge in [-0.15, -0.1) is 35.3 Å². The molecule has 0 saturated carbocycles. The summed E-state index contributed by atoms with van der Waals surface area (Å²) in [4.78, 5) is 8.39. The second kappa shape index (κ2) is 11.6. The highest BCUT2D eigenvalue weighted by Crippen LogP contribution is 2.20. The van der Waals surface area contributed by atoms with E-state index in [1.165, 1.54) is 12.1 Å². The van der Waals surface area contributed by atoms with Crippen LogP contribution in [0.15, 0.2) is 45.2 Å². The lowest BCUT2D eigenvalue weighted by molar-refractivity contribution is 0.624. The summed E-state index contributed by atoms with van der Waals surface area (Å²) in [6, 6.07) is 6.55. The molecule has 0 amide bonds. The van der Waals surface area contributed by atoms with E-state index in [1.807, 2.05) is 17.6 Å². The Morgan fingerprint density at radius 2 is 2.26 bits per heavy atom. The second-order valence-electron chi connectivity index (χ2n) is 4.48. The molecule has 2 aromatic rings. The largest absolute Gasteiger partial charge is 0.356 e. The van der Waals surface area contributed by atoms with Gasteiger partial charge in [0.05, 0.1) is 0 Å². The smallest absolute Gasteiger partial charge is 0.191 e. The Balaban J connectivity index is 0.00000264. The van der Waals surface area contributed by atoms with Crippen molar-refractivity contribution in [3.8, 4) is 0 Å². The molecule has 126 valence electrons. The second-order valence-corrected chi connectivity index (χ2v) is 6.72. The first kappa shape index (κ1) is 20.2. The zero-order valence-corrected chi connectivity index (χ0v) is 16.8. The van der Waals surface area contributed by atoms with Gasteiger partial charge in [0.15, 0.2) is 5.96 Å². The third kappa shape index (κ3) is 7.98. The Morgan fingerprint density at radius 3 is 2.96 bits per heavy atom. The summed E-state index contributed by atoms with van der Waals surface area (Å²) < 4.78 is 14.2. The lowest BCUT2D eigenvalue weighted by Crippen LogP contribution is -2.37. The van der Waals surface area contributed by atoms with Crippen molar-refractivity contribution in [2.75, 3.05) is 19.3 Å². The molecule has 0 spiro atoms. The van der Waals surface area contributed by atoms with Crippen molar-refractivity contribution in [2.45, 2.75) is 17.3 Å². The minimum Gasteiger partial charge on any atom is -0.356 e. The first-order valence-electron chi connectivity index (χ1n) is 6.99. The minimum atomic E-state index is -0.221. The molecule has 2 rings (SSSR count). The van der Waals surface area contributed by atoms with Crippen molar-refractivity contribution < 1.29 is 4.39 Å². The monoisotopic (exact) mass is 466 g/mol. The van der Waals surface area contributed by atoms with Crippen molar-refractivity contribution in [3.05, 3.63) is 47.2 Å². The van der Waals surface area contributed by atoms with Gasteiger partial charge >= 0.3 is 0 Å². The van der Waals surface area contributed by atoms with Gasteiger partial charge < -0.3 is 10.6 Å². The van der Waals surface area contributed by atoms with Gasteiger partial charge in [-0.3, -0.25) is 4.99 Å². The van der Waals surface area contributed by atoms with Gasteiger partial charge in [-0.2, -0.15) is 0 Å². The first-order chi connectivity index (χ1) is 10.8. The highest BCUT2D eigenvalue weighted by Gasteiger charge is 2.00. The van der Waals surface area contributed by atoms with Gasteiger partial charge in [-0.25, -0.2) is 9.37 Å². The highest BCUT2D eigenvalue weighted by atomic mass is 127. The van der Waals surface area contributed by atoms with Gasteiger partial charge in [0.2, 0.25) is 0 Å². The van der Waals surface area contributed by atoms with Crippen molar-refractivity contribution in [1.29, 1.82) is 0 Å². The molecule has 1 aromatic heterocycles. The lowest BCUT2D eigenvalue weighted by Gasteiger charge is -2.11. The highest BCUT2D eigenvalue weighted by molar-refractivity contribution is 14.0. The molecule has 0 aliphatic rings. The number of aromatic nitrogens is 1. The molecule has 0 fully saturated rings. The van der Waals surface area contributed by atoms with Crippen LogP contribution in [-0.4, -0.2) is 30.3 Å². The summed E-state index contributed by atoms with van der Waals surface area (Å²) in [6.45, 7) is 1.38. The van der Waals surface area contributed by atoms with Crippen LogP contribution < -0.4 is 10.6 Å². The Bertz CT molecular complexity index is 593. The Labute approximate surface area is 161 Å². The summed E-state index contributed by atoms with van der Waals surface area (Å²) in [6.07, 6.45) is 2.84. The van der Waals surface area contributed by atoms with Crippen LogP contribution in [0.3, 0.4) is 0 Å². The molecule has 0 atom stereocenters. The van der Waals surface area contributed by atoms with Gasteiger partial charge in [0.1, 0.15) is 10.2 Å². The first-order valence-corrected chi connectivity index (χ1v) is 8.85. The molecule has 0 aliphatic heterocycles. The van der Waals surface area contributed by atoms with E-state index in [0.717, 1.165) is 34.6 Å². The summed E-state index contributed by atoms with van der Waals surface area (Å²) in [5.74, 6) is 1.52. The molecule has 23 heavy (non-hydrogen) atoms. The van der Waals surface area contributed by atoms with E-state index in [-0.39, 0.29) is 29.8 Å². The molecule has 1 aromatic carbocycles. The maximum Gasteiger partial charge on any atom is 0.191 e. The summed E-state index contributed by atoms with van der Waals surface area (Å²) in [5.41, 5.74) is 0.891. The minimum absolute atomic E-state index is 0. The number of halogens is 2. The van der Waals surface area contributed by atoms with Gasteiger partial charge in [-0.1, -0.05) is 23.9 Å². The zero-order chi connectivity index (χ0) is 15.6. The molecule has 0 radical (unpaired) electrons. The number of thioether (sulfide) groups is 1. The summed E-state index contributed by atoms with van der Waals surface area (Å²) >= 11 is 3.43. The van der Waals surface area contributed by atoms with Crippen molar-refractivity contribution in [3.63, 3.8) is 0 Å². The number of benzene rings is 1. The number of guanidine groups is 1. The number of nitrogens with one attached hydrogen (secondary N) is 2. The van der Waals surface area contributed by atoms with E-state index < -0.39 is 0 Å². The van der Waals surface area contributed by atoms with E-state index in [1.54, 1.807) is 36.2 Å². The van der Waals surface area contributed by atoms with E-state index in [2.05, 4.69) is 20.6 Å². The molecule has 0 unspecified atom stereocenters. The fourth-order valence-corrected chi connectivity index (χ4v) is 3.42. The fourth-order valence-electron chi connectivity index (χ4n) is 1.77. The molecular formula is C15H20FIN4S2. The average Bonchev–Trinajstić information content (AvgIpc) is 3.03. The SMILES string of the molecule is CN=C(NCCCSc1nccs1)NCc1cccc(F)c1.I. The number of hydrogen-bond donors (Lipinski definition) is 2. The van der Waals surface area contributed by atoms with Gasteiger partial charge in [0, 0.05) is 37.5 Å². The van der Waals surface area contributed by atoms with Crippen LogP contribution in [0.2, 0.25) is 0 Å². The van der Waals surface area contributed by atoms with E-state index in [9.17, 15) is 4.39 Å². The number of aliphatic imine (C=N–C) groups is 1. The maximum absolute atomic E-state index is 13.1. The molecular weight excluding hydrogens is 446 g/mol. The van der Waals surface area contributed by atoms with E-state index in [4.69, 9.17) is 0 Å². The number of thiazole rings is 1. The van der Waals surface area contributed by atoms with Crippen LogP contribution in [0.5, 0.6) is 0 Å². The number of hydrogen-bond acceptors (Lipinski definition) is 4. The van der Waals surface area contributed by atoms with Crippen molar-refractivity contribution >= 4 is 53.0 Å². The molecule has 4 nitrogen and oxygen atoms in total. The quantitative estimate of drug-likeness (QED) is 0.215. The van der Waals surface area contributed by atoms with Crippen LogP contribution >= 0.6 is 47.1 Å². The topological polar surface area (TPSA) is 49.3 Å². The Kier molecular flexibility index (Phi) is 10.2. The van der Waals surface area contributed by atoms with Crippen LogP contribution in [0.4, 0.5) is 4.39 Å². The predicted molar refractivity (Wildman–Crippen MR) is 107 cm³/mol. The van der Waals surface area contributed by atoms with Crippen LogP contribution in [0, 0.1) is 5.82 Å². The lowest BCUT2D eigenvalue weighted by atomic mass is 10.2. The van der Waals surface area contributed by atoms with E-state index in [0.29, 0.717) is 6.54 Å². The van der Waals surface area contributed by atoms with Crippen LogP contribution in [0.1, 0.15) is 12.0 Å².